The Balaban J connectivity index is 3.72. The van der Waals surface area contributed by atoms with Crippen molar-refractivity contribution in [2.24, 2.45) is 5.92 Å². The van der Waals surface area contributed by atoms with Gasteiger partial charge in [0.2, 0.25) is 0 Å². The second kappa shape index (κ2) is 9.67. The molecule has 0 saturated heterocycles. The van der Waals surface area contributed by atoms with E-state index in [0.29, 0.717) is 13.2 Å². The lowest BCUT2D eigenvalue weighted by Crippen LogP contribution is -2.44. The van der Waals surface area contributed by atoms with Crippen LogP contribution in [-0.2, 0) is 19.0 Å². The van der Waals surface area contributed by atoms with Crippen LogP contribution in [0.1, 0.15) is 13.8 Å². The van der Waals surface area contributed by atoms with Crippen LogP contribution < -0.4 is 5.32 Å². The molecule has 7 nitrogen and oxygen atoms in total. The lowest BCUT2D eigenvalue weighted by Gasteiger charge is -2.17. The molecule has 0 rings (SSSR count). The van der Waals surface area contributed by atoms with E-state index in [4.69, 9.17) is 19.3 Å². The average Bonchev–Trinajstić information content (AvgIpc) is 2.29. The number of hydrogen-bond acceptors (Lipinski definition) is 5. The van der Waals surface area contributed by atoms with Crippen molar-refractivity contribution in [3.63, 3.8) is 0 Å². The number of ether oxygens (including phenoxy) is 3. The molecule has 1 unspecified atom stereocenters. The van der Waals surface area contributed by atoms with Gasteiger partial charge in [-0.25, -0.2) is 9.59 Å². The van der Waals surface area contributed by atoms with Gasteiger partial charge in [0.25, 0.3) is 0 Å². The van der Waals surface area contributed by atoms with E-state index in [2.05, 4.69) is 5.32 Å². The van der Waals surface area contributed by atoms with Gasteiger partial charge in [-0.15, -0.1) is 0 Å². The summed E-state index contributed by atoms with van der Waals surface area (Å²) in [6, 6.07) is -0.952. The number of carbonyl (C=O) groups is 2. The quantitative estimate of drug-likeness (QED) is 0.588. The van der Waals surface area contributed by atoms with Gasteiger partial charge < -0.3 is 24.6 Å². The predicted molar refractivity (Wildman–Crippen MR) is 63.4 cm³/mol. The van der Waals surface area contributed by atoms with E-state index in [9.17, 15) is 9.59 Å². The van der Waals surface area contributed by atoms with Crippen molar-refractivity contribution in [1.82, 2.24) is 5.32 Å². The predicted octanol–water partition coefficient (Wildman–Crippen LogP) is 0.485. The summed E-state index contributed by atoms with van der Waals surface area (Å²) in [5.74, 6) is -1.30. The van der Waals surface area contributed by atoms with Crippen LogP contribution in [0.2, 0.25) is 0 Å². The van der Waals surface area contributed by atoms with E-state index in [1.807, 2.05) is 0 Å². The number of amides is 1. The first-order chi connectivity index (χ1) is 8.49. The van der Waals surface area contributed by atoms with Crippen molar-refractivity contribution in [2.75, 3.05) is 33.5 Å². The fourth-order valence-corrected chi connectivity index (χ4v) is 1.12. The second-order valence-corrected chi connectivity index (χ2v) is 3.95. The Morgan fingerprint density at radius 2 is 1.78 bits per heavy atom. The zero-order valence-electron chi connectivity index (χ0n) is 11.0. The third kappa shape index (κ3) is 7.86. The van der Waals surface area contributed by atoms with Crippen LogP contribution in [0.4, 0.5) is 4.79 Å². The van der Waals surface area contributed by atoms with Crippen molar-refractivity contribution >= 4 is 12.1 Å². The van der Waals surface area contributed by atoms with Crippen LogP contribution in [0, 0.1) is 5.92 Å². The minimum atomic E-state index is -1.08. The molecule has 0 spiro atoms. The molecule has 2 N–H and O–H groups in total. The number of aliphatic carboxylic acids is 1. The summed E-state index contributed by atoms with van der Waals surface area (Å²) in [7, 11) is 1.56. The van der Waals surface area contributed by atoms with Gasteiger partial charge in [0.1, 0.15) is 12.6 Å². The molecule has 0 bridgehead atoms. The van der Waals surface area contributed by atoms with Crippen LogP contribution in [-0.4, -0.2) is 56.7 Å². The highest BCUT2D eigenvalue weighted by molar-refractivity contribution is 5.80. The third-order valence-electron chi connectivity index (χ3n) is 2.10. The molecule has 0 fully saturated rings. The molecule has 0 aromatic heterocycles. The maximum atomic E-state index is 11.3. The monoisotopic (exact) mass is 263 g/mol. The Hall–Kier alpha value is -1.34. The summed E-state index contributed by atoms with van der Waals surface area (Å²) in [6.45, 7) is 4.61. The summed E-state index contributed by atoms with van der Waals surface area (Å²) in [5.41, 5.74) is 0. The molecule has 0 radical (unpaired) electrons. The van der Waals surface area contributed by atoms with E-state index in [1.165, 1.54) is 0 Å². The van der Waals surface area contributed by atoms with Crippen molar-refractivity contribution in [1.29, 1.82) is 0 Å². The molecule has 0 saturated carbocycles. The van der Waals surface area contributed by atoms with Gasteiger partial charge in [0.05, 0.1) is 19.8 Å². The molecule has 7 heteroatoms. The SMILES string of the molecule is COCCOCCOC(=O)NC(C(=O)O)C(C)C. The smallest absolute Gasteiger partial charge is 0.407 e. The van der Waals surface area contributed by atoms with Crippen molar-refractivity contribution in [3.8, 4) is 0 Å². The molecule has 1 amide bonds. The first kappa shape index (κ1) is 16.7. The van der Waals surface area contributed by atoms with Gasteiger partial charge in [-0.05, 0) is 5.92 Å². The zero-order valence-corrected chi connectivity index (χ0v) is 11.0. The van der Waals surface area contributed by atoms with Gasteiger partial charge in [0.15, 0.2) is 0 Å². The Bertz CT molecular complexity index is 256. The Labute approximate surface area is 106 Å². The van der Waals surface area contributed by atoms with E-state index in [0.717, 1.165) is 0 Å². The highest BCUT2D eigenvalue weighted by Gasteiger charge is 2.23. The van der Waals surface area contributed by atoms with Crippen LogP contribution >= 0.6 is 0 Å². The Morgan fingerprint density at radius 1 is 1.17 bits per heavy atom. The van der Waals surface area contributed by atoms with Crippen LogP contribution in [0.3, 0.4) is 0 Å². The lowest BCUT2D eigenvalue weighted by molar-refractivity contribution is -0.140. The third-order valence-corrected chi connectivity index (χ3v) is 2.10. The molecular weight excluding hydrogens is 242 g/mol. The summed E-state index contributed by atoms with van der Waals surface area (Å²) in [5, 5.41) is 11.1. The van der Waals surface area contributed by atoms with Crippen molar-refractivity contribution in [3.05, 3.63) is 0 Å². The number of hydrogen-bond donors (Lipinski definition) is 2. The van der Waals surface area contributed by atoms with Crippen LogP contribution in [0.15, 0.2) is 0 Å². The first-order valence-electron chi connectivity index (χ1n) is 5.71. The van der Waals surface area contributed by atoms with Gasteiger partial charge in [-0.3, -0.25) is 0 Å². The maximum Gasteiger partial charge on any atom is 0.407 e. The minimum absolute atomic E-state index is 0.0694. The number of alkyl carbamates (subject to hydrolysis) is 1. The summed E-state index contributed by atoms with van der Waals surface area (Å²) in [4.78, 5) is 22.1. The Morgan fingerprint density at radius 3 is 2.28 bits per heavy atom. The highest BCUT2D eigenvalue weighted by Crippen LogP contribution is 2.01. The van der Waals surface area contributed by atoms with E-state index in [-0.39, 0.29) is 19.1 Å². The van der Waals surface area contributed by atoms with E-state index >= 15 is 0 Å². The molecule has 1 atom stereocenters. The molecule has 18 heavy (non-hydrogen) atoms. The molecule has 0 aliphatic rings. The van der Waals surface area contributed by atoms with Crippen LogP contribution in [0.5, 0.6) is 0 Å². The molecule has 0 aromatic carbocycles. The standard InChI is InChI=1S/C11H21NO6/c1-8(2)9(10(13)14)12-11(15)18-7-6-17-5-4-16-3/h8-9H,4-7H2,1-3H3,(H,12,15)(H,13,14). The summed E-state index contributed by atoms with van der Waals surface area (Å²) in [6.07, 6.45) is -0.758. The molecular formula is C11H21NO6. The Kier molecular flexibility index (Phi) is 8.95. The molecule has 0 aliphatic carbocycles. The number of rotatable bonds is 9. The fraction of sp³-hybridized carbons (Fsp3) is 0.818. The largest absolute Gasteiger partial charge is 0.480 e. The summed E-state index contributed by atoms with van der Waals surface area (Å²) >= 11 is 0. The first-order valence-corrected chi connectivity index (χ1v) is 5.71. The minimum Gasteiger partial charge on any atom is -0.480 e. The molecule has 106 valence electrons. The van der Waals surface area contributed by atoms with Gasteiger partial charge in [0, 0.05) is 7.11 Å². The topological polar surface area (TPSA) is 94.1 Å². The van der Waals surface area contributed by atoms with Crippen molar-refractivity contribution in [2.45, 2.75) is 19.9 Å². The normalized spacial score (nSPS) is 12.2. The van der Waals surface area contributed by atoms with Gasteiger partial charge in [-0.2, -0.15) is 0 Å². The van der Waals surface area contributed by atoms with E-state index < -0.39 is 18.1 Å². The number of carbonyl (C=O) groups excluding carboxylic acids is 1. The van der Waals surface area contributed by atoms with Crippen molar-refractivity contribution < 1.29 is 28.9 Å². The van der Waals surface area contributed by atoms with Gasteiger partial charge >= 0.3 is 12.1 Å². The number of nitrogens with one attached hydrogen (secondary N) is 1. The van der Waals surface area contributed by atoms with Gasteiger partial charge in [-0.1, -0.05) is 13.8 Å². The average molecular weight is 263 g/mol. The van der Waals surface area contributed by atoms with Crippen LogP contribution in [0.25, 0.3) is 0 Å². The molecule has 0 aromatic rings. The lowest BCUT2D eigenvalue weighted by atomic mass is 10.1. The zero-order chi connectivity index (χ0) is 14.0. The molecule has 0 aliphatic heterocycles. The number of carboxylic acid groups (broad SMARTS) is 1. The number of carboxylic acids is 1. The fourth-order valence-electron chi connectivity index (χ4n) is 1.12. The second-order valence-electron chi connectivity index (χ2n) is 3.95. The summed E-state index contributed by atoms with van der Waals surface area (Å²) < 4.78 is 14.6. The maximum absolute atomic E-state index is 11.3. The highest BCUT2D eigenvalue weighted by atomic mass is 16.6. The van der Waals surface area contributed by atoms with E-state index in [1.54, 1.807) is 21.0 Å². The number of methoxy groups -OCH3 is 1. The molecule has 0 heterocycles.